The smallest absolute Gasteiger partial charge is 0.159 e. The van der Waals surface area contributed by atoms with Gasteiger partial charge in [-0.1, -0.05) is 28.9 Å². The molecule has 2 nitrogen and oxygen atoms in total. The maximum Gasteiger partial charge on any atom is 0.159 e. The normalized spacial score (nSPS) is 13.8. The largest absolute Gasteiger partial charge is 0.493 e. The predicted molar refractivity (Wildman–Crippen MR) is 71.5 cm³/mol. The van der Waals surface area contributed by atoms with E-state index in [1.165, 1.54) is 5.56 Å². The number of hydrogen-bond acceptors (Lipinski definition) is 2. The number of ether oxygens (including phenoxy) is 1. The van der Waals surface area contributed by atoms with Crippen molar-refractivity contribution in [1.29, 1.82) is 0 Å². The minimum absolute atomic E-state index is 0.127. The van der Waals surface area contributed by atoms with E-state index in [0.29, 0.717) is 6.42 Å². The zero-order valence-corrected chi connectivity index (χ0v) is 11.4. The summed E-state index contributed by atoms with van der Waals surface area (Å²) in [5.74, 6) is 1.04. The molecule has 0 unspecified atom stereocenters. The number of rotatable bonds is 4. The zero-order valence-electron chi connectivity index (χ0n) is 9.83. The van der Waals surface area contributed by atoms with Crippen LogP contribution < -0.4 is 4.74 Å². The van der Waals surface area contributed by atoms with E-state index in [4.69, 9.17) is 4.74 Å². The van der Waals surface area contributed by atoms with Crippen LogP contribution in [0.5, 0.6) is 5.75 Å². The molecule has 1 aromatic carbocycles. The highest BCUT2D eigenvalue weighted by atomic mass is 79.9. The predicted octanol–water partition coefficient (Wildman–Crippen LogP) is 3.46. The molecule has 17 heavy (non-hydrogen) atoms. The molecule has 0 N–H and O–H groups in total. The lowest BCUT2D eigenvalue weighted by atomic mass is 10.0. The monoisotopic (exact) mass is 294 g/mol. The SMILES string of the molecule is CC/C=C/C(=O)Cc1cc(Br)cc2c1OCC2. The molecule has 3 heteroatoms. The van der Waals surface area contributed by atoms with E-state index in [1.807, 2.05) is 19.1 Å². The minimum atomic E-state index is 0.127. The van der Waals surface area contributed by atoms with Crippen molar-refractivity contribution >= 4 is 21.7 Å². The number of halogens is 1. The quantitative estimate of drug-likeness (QED) is 0.795. The topological polar surface area (TPSA) is 26.3 Å². The molecule has 0 saturated heterocycles. The highest BCUT2D eigenvalue weighted by Gasteiger charge is 2.18. The van der Waals surface area contributed by atoms with E-state index >= 15 is 0 Å². The summed E-state index contributed by atoms with van der Waals surface area (Å²) in [4.78, 5) is 11.7. The first-order chi connectivity index (χ1) is 8.20. The fourth-order valence-corrected chi connectivity index (χ4v) is 2.53. The Morgan fingerprint density at radius 3 is 3.12 bits per heavy atom. The average Bonchev–Trinajstić information content (AvgIpc) is 2.74. The molecule has 0 radical (unpaired) electrons. The fraction of sp³-hybridized carbons (Fsp3) is 0.357. The van der Waals surface area contributed by atoms with E-state index in [-0.39, 0.29) is 5.78 Å². The molecule has 1 aliphatic rings. The Morgan fingerprint density at radius 2 is 2.35 bits per heavy atom. The van der Waals surface area contributed by atoms with E-state index in [0.717, 1.165) is 35.2 Å². The average molecular weight is 295 g/mol. The Bertz CT molecular complexity index is 464. The highest BCUT2D eigenvalue weighted by Crippen LogP contribution is 2.33. The van der Waals surface area contributed by atoms with Crippen LogP contribution >= 0.6 is 15.9 Å². The van der Waals surface area contributed by atoms with Crippen molar-refractivity contribution in [2.75, 3.05) is 6.61 Å². The minimum Gasteiger partial charge on any atom is -0.493 e. The van der Waals surface area contributed by atoms with Gasteiger partial charge in [0.05, 0.1) is 6.61 Å². The van der Waals surface area contributed by atoms with Gasteiger partial charge in [-0.2, -0.15) is 0 Å². The fourth-order valence-electron chi connectivity index (χ4n) is 1.97. The van der Waals surface area contributed by atoms with Crippen LogP contribution in [0.15, 0.2) is 28.8 Å². The first-order valence-corrected chi connectivity index (χ1v) is 6.63. The third kappa shape index (κ3) is 2.97. The van der Waals surface area contributed by atoms with Crippen molar-refractivity contribution in [3.05, 3.63) is 39.9 Å². The maximum atomic E-state index is 11.7. The van der Waals surface area contributed by atoms with Gasteiger partial charge in [-0.25, -0.2) is 0 Å². The van der Waals surface area contributed by atoms with E-state index in [9.17, 15) is 4.79 Å². The molecule has 1 aromatic rings. The second-order valence-corrected chi connectivity index (χ2v) is 5.02. The molecule has 2 rings (SSSR count). The molecule has 1 aliphatic heterocycles. The third-order valence-electron chi connectivity index (χ3n) is 2.73. The summed E-state index contributed by atoms with van der Waals surface area (Å²) in [6.45, 7) is 2.74. The summed E-state index contributed by atoms with van der Waals surface area (Å²) >= 11 is 3.47. The van der Waals surface area contributed by atoms with E-state index < -0.39 is 0 Å². The van der Waals surface area contributed by atoms with Crippen LogP contribution in [-0.4, -0.2) is 12.4 Å². The first-order valence-electron chi connectivity index (χ1n) is 5.84. The number of hydrogen-bond donors (Lipinski definition) is 0. The number of carbonyl (C=O) groups excluding carboxylic acids is 1. The van der Waals surface area contributed by atoms with Crippen LogP contribution in [0.4, 0.5) is 0 Å². The molecule has 0 fully saturated rings. The van der Waals surface area contributed by atoms with Gasteiger partial charge in [-0.15, -0.1) is 0 Å². The maximum absolute atomic E-state index is 11.7. The van der Waals surface area contributed by atoms with Gasteiger partial charge < -0.3 is 4.74 Å². The van der Waals surface area contributed by atoms with Gasteiger partial charge in [0.15, 0.2) is 5.78 Å². The second kappa shape index (κ2) is 5.50. The molecular weight excluding hydrogens is 280 g/mol. The molecule has 1 heterocycles. The van der Waals surface area contributed by atoms with Crippen molar-refractivity contribution in [1.82, 2.24) is 0 Å². The van der Waals surface area contributed by atoms with Crippen LogP contribution in [-0.2, 0) is 17.6 Å². The molecule has 0 atom stereocenters. The number of benzene rings is 1. The van der Waals surface area contributed by atoms with Gasteiger partial charge >= 0.3 is 0 Å². The summed E-state index contributed by atoms with van der Waals surface area (Å²) in [7, 11) is 0. The summed E-state index contributed by atoms with van der Waals surface area (Å²) in [5, 5.41) is 0. The van der Waals surface area contributed by atoms with Gasteiger partial charge in [-0.3, -0.25) is 4.79 Å². The second-order valence-electron chi connectivity index (χ2n) is 4.11. The Labute approximate surface area is 110 Å². The molecule has 0 amide bonds. The van der Waals surface area contributed by atoms with Crippen LogP contribution in [0.1, 0.15) is 24.5 Å². The number of allylic oxidation sites excluding steroid dienone is 2. The van der Waals surface area contributed by atoms with Crippen LogP contribution in [0.25, 0.3) is 0 Å². The highest BCUT2D eigenvalue weighted by molar-refractivity contribution is 9.10. The van der Waals surface area contributed by atoms with Crippen molar-refractivity contribution in [2.45, 2.75) is 26.2 Å². The van der Waals surface area contributed by atoms with Crippen LogP contribution in [0, 0.1) is 0 Å². The Balaban J connectivity index is 2.21. The summed E-state index contributed by atoms with van der Waals surface area (Å²) < 4.78 is 6.61. The van der Waals surface area contributed by atoms with E-state index in [1.54, 1.807) is 6.08 Å². The van der Waals surface area contributed by atoms with Crippen molar-refractivity contribution in [3.63, 3.8) is 0 Å². The van der Waals surface area contributed by atoms with Gasteiger partial charge in [0, 0.05) is 22.9 Å². The molecule has 0 saturated carbocycles. The summed E-state index contributed by atoms with van der Waals surface area (Å²) in [6, 6.07) is 4.04. The molecule has 0 bridgehead atoms. The van der Waals surface area contributed by atoms with Gasteiger partial charge in [0.25, 0.3) is 0 Å². The van der Waals surface area contributed by atoms with Gasteiger partial charge in [0.1, 0.15) is 5.75 Å². The molecule has 0 spiro atoms. The Morgan fingerprint density at radius 1 is 1.53 bits per heavy atom. The number of ketones is 1. The number of carbonyl (C=O) groups is 1. The summed E-state index contributed by atoms with van der Waals surface area (Å²) in [6.07, 6.45) is 5.78. The zero-order chi connectivity index (χ0) is 12.3. The standard InChI is InChI=1S/C14H15BrO2/c1-2-3-4-13(16)9-11-8-12(15)7-10-5-6-17-14(10)11/h3-4,7-8H,2,5-6,9H2,1H3/b4-3+. The summed E-state index contributed by atoms with van der Waals surface area (Å²) in [5.41, 5.74) is 2.18. The molecular formula is C14H15BrO2. The van der Waals surface area contributed by atoms with E-state index in [2.05, 4.69) is 22.0 Å². The van der Waals surface area contributed by atoms with Crippen LogP contribution in [0.2, 0.25) is 0 Å². The van der Waals surface area contributed by atoms with Crippen molar-refractivity contribution in [3.8, 4) is 5.75 Å². The van der Waals surface area contributed by atoms with Crippen LogP contribution in [0.3, 0.4) is 0 Å². The lowest BCUT2D eigenvalue weighted by Crippen LogP contribution is -2.01. The van der Waals surface area contributed by atoms with Crippen molar-refractivity contribution < 1.29 is 9.53 Å². The van der Waals surface area contributed by atoms with Gasteiger partial charge in [-0.05, 0) is 30.2 Å². The van der Waals surface area contributed by atoms with Gasteiger partial charge in [0.2, 0.25) is 0 Å². The van der Waals surface area contributed by atoms with Crippen molar-refractivity contribution in [2.24, 2.45) is 0 Å². The lowest BCUT2D eigenvalue weighted by Gasteiger charge is -2.07. The Kier molecular flexibility index (Phi) is 4.00. The number of fused-ring (bicyclic) bond motifs is 1. The first kappa shape index (κ1) is 12.4. The lowest BCUT2D eigenvalue weighted by molar-refractivity contribution is -0.114. The molecule has 0 aliphatic carbocycles. The molecule has 90 valence electrons. The molecule has 0 aromatic heterocycles. The Hall–Kier alpha value is -1.09. The third-order valence-corrected chi connectivity index (χ3v) is 3.19.